The number of nitrogens with one attached hydrogen (secondary N) is 6. The van der Waals surface area contributed by atoms with E-state index in [1.165, 1.54) is 6.42 Å². The lowest BCUT2D eigenvalue weighted by Gasteiger charge is -2.11. The largest absolute Gasteiger partial charge is 0.350 e. The lowest BCUT2D eigenvalue weighted by atomic mass is 10.2. The van der Waals surface area contributed by atoms with Crippen molar-refractivity contribution in [2.45, 2.75) is 33.4 Å². The Labute approximate surface area is 345 Å². The van der Waals surface area contributed by atoms with Crippen LogP contribution in [-0.4, -0.2) is 29.9 Å². The number of hydrogen-bond acceptors (Lipinski definition) is 12. The van der Waals surface area contributed by atoms with Crippen LogP contribution in [0.15, 0.2) is 182 Å². The number of para-hydroxylation sites is 4. The molecule has 0 bridgehead atoms. The maximum absolute atomic E-state index is 4.50. The maximum Gasteiger partial charge on any atom is 0.233 e. The van der Waals surface area contributed by atoms with Gasteiger partial charge in [-0.25, -0.2) is 0 Å². The van der Waals surface area contributed by atoms with Gasteiger partial charge in [-0.05, 0) is 59.7 Å². The summed E-state index contributed by atoms with van der Waals surface area (Å²) in [7, 11) is 0. The SMILES string of the molecule is CCC.c1ccc(CNc2nc(Nc3ccccc3)nc(Nc3ccccc3)n2)cc1.c1ccc(CNc2nc(Nc3ccccc3)nc(Nc3ccccc3)n2)cc1. The van der Waals surface area contributed by atoms with Crippen LogP contribution < -0.4 is 31.9 Å². The molecule has 0 amide bonds. The smallest absolute Gasteiger partial charge is 0.233 e. The van der Waals surface area contributed by atoms with Gasteiger partial charge in [-0.15, -0.1) is 0 Å². The Balaban J connectivity index is 0.000000186. The van der Waals surface area contributed by atoms with Crippen molar-refractivity contribution in [2.24, 2.45) is 0 Å². The highest BCUT2D eigenvalue weighted by Crippen LogP contribution is 2.21. The minimum atomic E-state index is 0.468. The van der Waals surface area contributed by atoms with Gasteiger partial charge in [0.2, 0.25) is 35.7 Å². The summed E-state index contributed by atoms with van der Waals surface area (Å²) in [6.07, 6.45) is 1.25. The van der Waals surface area contributed by atoms with Crippen LogP contribution in [0.3, 0.4) is 0 Å². The third-order valence-corrected chi connectivity index (χ3v) is 7.98. The van der Waals surface area contributed by atoms with E-state index in [1.54, 1.807) is 0 Å². The van der Waals surface area contributed by atoms with E-state index in [0.29, 0.717) is 48.8 Å². The van der Waals surface area contributed by atoms with Gasteiger partial charge in [0.05, 0.1) is 0 Å². The molecule has 0 saturated heterocycles. The Kier molecular flexibility index (Phi) is 15.6. The highest BCUT2D eigenvalue weighted by atomic mass is 15.3. The number of anilines is 10. The van der Waals surface area contributed by atoms with Crippen LogP contribution in [0.1, 0.15) is 31.4 Å². The van der Waals surface area contributed by atoms with Crippen molar-refractivity contribution in [3.8, 4) is 0 Å². The average molecular weight is 781 g/mol. The summed E-state index contributed by atoms with van der Waals surface area (Å²) in [4.78, 5) is 27.0. The highest BCUT2D eigenvalue weighted by Gasteiger charge is 2.09. The summed E-state index contributed by atoms with van der Waals surface area (Å²) in [5, 5.41) is 19.4. The first kappa shape index (κ1) is 40.8. The van der Waals surface area contributed by atoms with E-state index in [9.17, 15) is 0 Å². The van der Waals surface area contributed by atoms with Crippen molar-refractivity contribution < 1.29 is 0 Å². The Bertz CT molecular complexity index is 2080. The first-order chi connectivity index (χ1) is 29.1. The van der Waals surface area contributed by atoms with Gasteiger partial charge in [0.25, 0.3) is 0 Å². The molecule has 59 heavy (non-hydrogen) atoms. The van der Waals surface area contributed by atoms with Gasteiger partial charge in [-0.3, -0.25) is 0 Å². The normalized spacial score (nSPS) is 10.1. The molecule has 0 saturated carbocycles. The van der Waals surface area contributed by atoms with Crippen LogP contribution in [0, 0.1) is 0 Å². The first-order valence-corrected chi connectivity index (χ1v) is 19.5. The van der Waals surface area contributed by atoms with Crippen LogP contribution in [-0.2, 0) is 13.1 Å². The monoisotopic (exact) mass is 780 g/mol. The Morgan fingerprint density at radius 1 is 0.288 bits per heavy atom. The van der Waals surface area contributed by atoms with Crippen molar-refractivity contribution in [1.29, 1.82) is 0 Å². The molecule has 12 heteroatoms. The van der Waals surface area contributed by atoms with Gasteiger partial charge in [0.15, 0.2) is 0 Å². The van der Waals surface area contributed by atoms with Gasteiger partial charge in [0, 0.05) is 35.8 Å². The Morgan fingerprint density at radius 3 is 0.729 bits per heavy atom. The summed E-state index contributed by atoms with van der Waals surface area (Å²) >= 11 is 0. The van der Waals surface area contributed by atoms with Crippen molar-refractivity contribution >= 4 is 58.4 Å². The minimum absolute atomic E-state index is 0.468. The van der Waals surface area contributed by atoms with Crippen molar-refractivity contribution in [3.05, 3.63) is 193 Å². The highest BCUT2D eigenvalue weighted by molar-refractivity contribution is 5.60. The molecule has 6 aromatic carbocycles. The fraction of sp³-hybridized carbons (Fsp3) is 0.106. The lowest BCUT2D eigenvalue weighted by molar-refractivity contribution is 1.01. The van der Waals surface area contributed by atoms with Gasteiger partial charge in [-0.1, -0.05) is 154 Å². The summed E-state index contributed by atoms with van der Waals surface area (Å²) in [5.74, 6) is 2.86. The zero-order chi connectivity index (χ0) is 40.7. The molecule has 6 N–H and O–H groups in total. The number of hydrogen-bond donors (Lipinski definition) is 6. The number of benzene rings is 6. The van der Waals surface area contributed by atoms with E-state index in [0.717, 1.165) is 33.9 Å². The van der Waals surface area contributed by atoms with Crippen molar-refractivity contribution in [3.63, 3.8) is 0 Å². The molecule has 8 rings (SSSR count). The zero-order valence-corrected chi connectivity index (χ0v) is 33.1. The fourth-order valence-electron chi connectivity index (χ4n) is 5.29. The second-order valence-corrected chi connectivity index (χ2v) is 13.0. The minimum Gasteiger partial charge on any atom is -0.350 e. The molecule has 0 fully saturated rings. The van der Waals surface area contributed by atoms with Crippen LogP contribution in [0.2, 0.25) is 0 Å². The average Bonchev–Trinajstić information content (AvgIpc) is 3.28. The molecule has 8 aromatic rings. The second kappa shape index (κ2) is 22.6. The molecular formula is C47H48N12. The predicted molar refractivity (Wildman–Crippen MR) is 242 cm³/mol. The van der Waals surface area contributed by atoms with E-state index in [-0.39, 0.29) is 0 Å². The van der Waals surface area contributed by atoms with E-state index in [1.807, 2.05) is 158 Å². The molecule has 296 valence electrons. The topological polar surface area (TPSA) is 150 Å². The molecular weight excluding hydrogens is 733 g/mol. The quantitative estimate of drug-likeness (QED) is 0.0623. The third-order valence-electron chi connectivity index (χ3n) is 7.98. The molecule has 0 aliphatic heterocycles. The number of aromatic nitrogens is 6. The summed E-state index contributed by atoms with van der Waals surface area (Å²) in [6, 6.07) is 59.5. The fourth-order valence-corrected chi connectivity index (χ4v) is 5.29. The summed E-state index contributed by atoms with van der Waals surface area (Å²) in [5.41, 5.74) is 5.94. The third kappa shape index (κ3) is 14.3. The van der Waals surface area contributed by atoms with Crippen LogP contribution in [0.25, 0.3) is 0 Å². The van der Waals surface area contributed by atoms with Crippen LogP contribution in [0.4, 0.5) is 58.4 Å². The van der Waals surface area contributed by atoms with Crippen LogP contribution in [0.5, 0.6) is 0 Å². The van der Waals surface area contributed by atoms with Gasteiger partial charge >= 0.3 is 0 Å². The van der Waals surface area contributed by atoms with E-state index in [2.05, 4.69) is 99.9 Å². The molecule has 0 radical (unpaired) electrons. The molecule has 2 aromatic heterocycles. The van der Waals surface area contributed by atoms with Crippen molar-refractivity contribution in [1.82, 2.24) is 29.9 Å². The van der Waals surface area contributed by atoms with Gasteiger partial charge in [-0.2, -0.15) is 29.9 Å². The zero-order valence-electron chi connectivity index (χ0n) is 33.1. The first-order valence-electron chi connectivity index (χ1n) is 19.5. The molecule has 0 unspecified atom stereocenters. The standard InChI is InChI=1S/2C22H20N6.C3H8/c2*1-4-10-17(11-5-1)16-23-20-26-21(24-18-12-6-2-7-13-18)28-22(27-20)25-19-14-8-3-9-15-19;1-3-2/h2*1-15H,16H2,(H3,23,24,25,26,27,28);3H2,1-2H3. The summed E-state index contributed by atoms with van der Waals surface area (Å²) in [6.45, 7) is 5.50. The lowest BCUT2D eigenvalue weighted by Crippen LogP contribution is -2.09. The predicted octanol–water partition coefficient (Wildman–Crippen LogP) is 11.4. The van der Waals surface area contributed by atoms with Crippen LogP contribution >= 0.6 is 0 Å². The van der Waals surface area contributed by atoms with Gasteiger partial charge in [0.1, 0.15) is 0 Å². The van der Waals surface area contributed by atoms with Gasteiger partial charge < -0.3 is 31.9 Å². The molecule has 0 aliphatic carbocycles. The molecule has 0 atom stereocenters. The Morgan fingerprint density at radius 2 is 0.492 bits per heavy atom. The second-order valence-electron chi connectivity index (χ2n) is 13.0. The maximum atomic E-state index is 4.50. The number of nitrogens with zero attached hydrogens (tertiary/aromatic N) is 6. The van der Waals surface area contributed by atoms with E-state index < -0.39 is 0 Å². The number of rotatable bonds is 14. The van der Waals surface area contributed by atoms with E-state index in [4.69, 9.17) is 0 Å². The molecule has 2 heterocycles. The summed E-state index contributed by atoms with van der Waals surface area (Å²) < 4.78 is 0. The Hall–Kier alpha value is -7.86. The molecule has 12 nitrogen and oxygen atoms in total. The molecule has 0 aliphatic rings. The van der Waals surface area contributed by atoms with Crippen molar-refractivity contribution in [2.75, 3.05) is 31.9 Å². The molecule has 0 spiro atoms. The van der Waals surface area contributed by atoms with E-state index >= 15 is 0 Å².